The summed E-state index contributed by atoms with van der Waals surface area (Å²) in [7, 11) is -5.14. The van der Waals surface area contributed by atoms with Gasteiger partial charge in [-0.2, -0.15) is 0 Å². The minimum Gasteiger partial charge on any atom is -0.451 e. The second kappa shape index (κ2) is 10.2. The summed E-state index contributed by atoms with van der Waals surface area (Å²) in [6, 6.07) is 0. The standard InChI is InChI=1S/C18H26N5O9P/c1-3-5-9(24)13(30-10(25)6-4-2)15-14(32-33(27,28)29)12(26)18(31-15)23-8-22-11-16(19)20-7-21-17(11)23/h7-8,12-15,18,26H,3-6H2,1-2H3,(H2,19,20,21)(H2,27,28,29)/t12-,13?,14+,15-,18-/m1/s1. The molecule has 0 saturated carbocycles. The van der Waals surface area contributed by atoms with E-state index in [1.807, 2.05) is 0 Å². The lowest BCUT2D eigenvalue weighted by Crippen LogP contribution is -2.46. The Morgan fingerprint density at radius 2 is 1.94 bits per heavy atom. The molecule has 2 aromatic rings. The molecular weight excluding hydrogens is 461 g/mol. The zero-order chi connectivity index (χ0) is 24.3. The van der Waals surface area contributed by atoms with Crippen molar-refractivity contribution in [1.82, 2.24) is 19.5 Å². The lowest BCUT2D eigenvalue weighted by molar-refractivity contribution is -0.169. The lowest BCUT2D eigenvalue weighted by atomic mass is 9.99. The van der Waals surface area contributed by atoms with Gasteiger partial charge in [-0.1, -0.05) is 13.8 Å². The Morgan fingerprint density at radius 3 is 2.58 bits per heavy atom. The van der Waals surface area contributed by atoms with Gasteiger partial charge in [0.2, 0.25) is 0 Å². The Labute approximate surface area is 188 Å². The van der Waals surface area contributed by atoms with Crippen LogP contribution in [0.1, 0.15) is 45.8 Å². The molecule has 2 aromatic heterocycles. The molecule has 1 aliphatic rings. The summed E-state index contributed by atoms with van der Waals surface area (Å²) >= 11 is 0. The van der Waals surface area contributed by atoms with E-state index in [4.69, 9.17) is 19.7 Å². The minimum atomic E-state index is -5.14. The van der Waals surface area contributed by atoms with Crippen molar-refractivity contribution in [3.8, 4) is 0 Å². The molecule has 1 aliphatic heterocycles. The van der Waals surface area contributed by atoms with Gasteiger partial charge < -0.3 is 30.1 Å². The highest BCUT2D eigenvalue weighted by molar-refractivity contribution is 7.46. The maximum atomic E-state index is 12.8. The average molecular weight is 487 g/mol. The number of aliphatic hydroxyl groups excluding tert-OH is 1. The quantitative estimate of drug-likeness (QED) is 0.261. The van der Waals surface area contributed by atoms with Crippen LogP contribution in [0.3, 0.4) is 0 Å². The number of nitrogens with zero attached hydrogens (tertiary/aromatic N) is 4. The van der Waals surface area contributed by atoms with Crippen LogP contribution in [0, 0.1) is 0 Å². The molecule has 1 fully saturated rings. The number of carbonyl (C=O) groups is 2. The fourth-order valence-electron chi connectivity index (χ4n) is 3.60. The van der Waals surface area contributed by atoms with Crippen LogP contribution < -0.4 is 5.73 Å². The van der Waals surface area contributed by atoms with Gasteiger partial charge >= 0.3 is 13.8 Å². The van der Waals surface area contributed by atoms with Gasteiger partial charge in [0.25, 0.3) is 0 Å². The number of imidazole rings is 1. The highest BCUT2D eigenvalue weighted by atomic mass is 31.2. The molecule has 1 unspecified atom stereocenters. The Bertz CT molecular complexity index is 1060. The van der Waals surface area contributed by atoms with E-state index in [9.17, 15) is 29.0 Å². The fraction of sp³-hybridized carbons (Fsp3) is 0.611. The predicted molar refractivity (Wildman–Crippen MR) is 111 cm³/mol. The molecule has 0 bridgehead atoms. The molecular formula is C18H26N5O9P. The van der Waals surface area contributed by atoms with Gasteiger partial charge in [-0.15, -0.1) is 0 Å². The third-order valence-corrected chi connectivity index (χ3v) is 5.51. The molecule has 0 aliphatic carbocycles. The van der Waals surface area contributed by atoms with E-state index in [0.29, 0.717) is 12.8 Å². The van der Waals surface area contributed by atoms with E-state index in [0.717, 1.165) is 0 Å². The highest BCUT2D eigenvalue weighted by Gasteiger charge is 2.54. The predicted octanol–water partition coefficient (Wildman–Crippen LogP) is 0.226. The SMILES string of the molecule is CCCC(=O)OC(C(=O)CCC)[C@H]1O[C@@H](n2cnc3c(N)ncnc32)[C@H](O)[C@@H]1OP(=O)(O)O. The smallest absolute Gasteiger partial charge is 0.451 e. The van der Waals surface area contributed by atoms with Crippen LogP contribution in [0.5, 0.6) is 0 Å². The molecule has 182 valence electrons. The van der Waals surface area contributed by atoms with Crippen molar-refractivity contribution in [2.45, 2.75) is 70.2 Å². The molecule has 0 spiro atoms. The molecule has 33 heavy (non-hydrogen) atoms. The number of esters is 1. The number of Topliss-reactive ketones (excluding diaryl/α,β-unsaturated/α-hetero) is 1. The summed E-state index contributed by atoms with van der Waals surface area (Å²) in [6.07, 6.45) is -4.53. The van der Waals surface area contributed by atoms with E-state index in [1.54, 1.807) is 13.8 Å². The summed E-state index contributed by atoms with van der Waals surface area (Å²) in [5.74, 6) is -1.17. The number of hydrogen-bond acceptors (Lipinski definition) is 11. The van der Waals surface area contributed by atoms with E-state index in [1.165, 1.54) is 17.2 Å². The molecule has 3 rings (SSSR count). The number of fused-ring (bicyclic) bond motifs is 1. The molecule has 14 nitrogen and oxygen atoms in total. The van der Waals surface area contributed by atoms with Gasteiger partial charge in [-0.05, 0) is 12.8 Å². The number of ketones is 1. The van der Waals surface area contributed by atoms with Crippen LogP contribution in [-0.2, 0) is 28.2 Å². The van der Waals surface area contributed by atoms with Gasteiger partial charge in [0.05, 0.1) is 6.33 Å². The van der Waals surface area contributed by atoms with Crippen molar-refractivity contribution in [3.63, 3.8) is 0 Å². The second-order valence-electron chi connectivity index (χ2n) is 7.50. The first kappa shape index (κ1) is 25.1. The zero-order valence-corrected chi connectivity index (χ0v) is 18.9. The number of aliphatic hydroxyl groups is 1. The van der Waals surface area contributed by atoms with Gasteiger partial charge in [0.15, 0.2) is 29.6 Å². The number of aromatic nitrogens is 4. The van der Waals surface area contributed by atoms with Crippen molar-refractivity contribution < 1.29 is 43.0 Å². The Kier molecular flexibility index (Phi) is 7.77. The van der Waals surface area contributed by atoms with Crippen LogP contribution in [0.25, 0.3) is 11.2 Å². The summed E-state index contributed by atoms with van der Waals surface area (Å²) in [6.45, 7) is 3.48. The highest BCUT2D eigenvalue weighted by Crippen LogP contribution is 2.45. The number of anilines is 1. The van der Waals surface area contributed by atoms with Gasteiger partial charge in [0.1, 0.15) is 30.2 Å². The van der Waals surface area contributed by atoms with Crippen LogP contribution in [-0.4, -0.2) is 70.6 Å². The van der Waals surface area contributed by atoms with Crippen molar-refractivity contribution in [2.24, 2.45) is 0 Å². The van der Waals surface area contributed by atoms with Crippen LogP contribution in [0.2, 0.25) is 0 Å². The van der Waals surface area contributed by atoms with Crippen LogP contribution in [0.15, 0.2) is 12.7 Å². The van der Waals surface area contributed by atoms with Gasteiger partial charge in [0, 0.05) is 12.8 Å². The number of nitrogens with two attached hydrogens (primary N) is 1. The number of hydrogen-bond donors (Lipinski definition) is 4. The summed E-state index contributed by atoms with van der Waals surface area (Å²) in [5, 5.41) is 10.9. The molecule has 1 saturated heterocycles. The minimum absolute atomic E-state index is 0.00505. The number of phosphoric ester groups is 1. The Balaban J connectivity index is 2.02. The van der Waals surface area contributed by atoms with E-state index in [-0.39, 0.29) is 29.8 Å². The summed E-state index contributed by atoms with van der Waals surface area (Å²) in [4.78, 5) is 55.7. The number of ether oxygens (including phenoxy) is 2. The molecule has 5 N–H and O–H groups in total. The van der Waals surface area contributed by atoms with E-state index >= 15 is 0 Å². The summed E-state index contributed by atoms with van der Waals surface area (Å²) in [5.41, 5.74) is 6.16. The maximum absolute atomic E-state index is 12.8. The van der Waals surface area contributed by atoms with E-state index in [2.05, 4.69) is 15.0 Å². The third kappa shape index (κ3) is 5.54. The number of phosphoric acid groups is 1. The maximum Gasteiger partial charge on any atom is 0.470 e. The average Bonchev–Trinajstić information content (AvgIpc) is 3.28. The van der Waals surface area contributed by atoms with Crippen LogP contribution in [0.4, 0.5) is 5.82 Å². The van der Waals surface area contributed by atoms with Gasteiger partial charge in [-0.3, -0.25) is 18.7 Å². The number of nitrogen functional groups attached to an aromatic ring is 1. The van der Waals surface area contributed by atoms with Crippen molar-refractivity contribution in [3.05, 3.63) is 12.7 Å². The Hall–Kier alpha value is -2.48. The molecule has 5 atom stereocenters. The number of rotatable bonds is 10. The summed E-state index contributed by atoms with van der Waals surface area (Å²) < 4.78 is 28.9. The first-order valence-corrected chi connectivity index (χ1v) is 11.8. The van der Waals surface area contributed by atoms with Gasteiger partial charge in [-0.25, -0.2) is 19.5 Å². The normalized spacial score (nSPS) is 24.2. The molecule has 0 radical (unpaired) electrons. The third-order valence-electron chi connectivity index (χ3n) is 4.99. The monoisotopic (exact) mass is 487 g/mol. The lowest BCUT2D eigenvalue weighted by Gasteiger charge is -2.27. The van der Waals surface area contributed by atoms with Crippen molar-refractivity contribution >= 4 is 36.6 Å². The number of carbonyl (C=O) groups excluding carboxylic acids is 2. The molecule has 0 amide bonds. The fourth-order valence-corrected chi connectivity index (χ4v) is 4.16. The molecule has 3 heterocycles. The first-order valence-electron chi connectivity index (χ1n) is 10.3. The zero-order valence-electron chi connectivity index (χ0n) is 18.0. The van der Waals surface area contributed by atoms with Crippen molar-refractivity contribution in [1.29, 1.82) is 0 Å². The molecule has 15 heteroatoms. The molecule has 0 aromatic carbocycles. The van der Waals surface area contributed by atoms with Crippen molar-refractivity contribution in [2.75, 3.05) is 5.73 Å². The van der Waals surface area contributed by atoms with Crippen LogP contribution >= 0.6 is 7.82 Å². The first-order chi connectivity index (χ1) is 15.6. The Morgan fingerprint density at radius 1 is 1.24 bits per heavy atom. The van der Waals surface area contributed by atoms with E-state index < -0.39 is 50.2 Å². The largest absolute Gasteiger partial charge is 0.470 e. The topological polar surface area (TPSA) is 209 Å². The second-order valence-corrected chi connectivity index (χ2v) is 8.69.